The molecule has 1 aromatic rings. The molecule has 1 aromatic carbocycles. The number of benzene rings is 1. The van der Waals surface area contributed by atoms with E-state index >= 15 is 0 Å². The molecule has 1 saturated heterocycles. The Morgan fingerprint density at radius 3 is 2.68 bits per heavy atom. The first-order chi connectivity index (χ1) is 12.0. The molecule has 1 heterocycles. The zero-order valence-electron chi connectivity index (χ0n) is 14.4. The van der Waals surface area contributed by atoms with Crippen molar-refractivity contribution in [3.63, 3.8) is 0 Å². The zero-order chi connectivity index (χ0) is 18.2. The van der Waals surface area contributed by atoms with Crippen molar-refractivity contribution in [1.29, 1.82) is 0 Å². The molecule has 0 radical (unpaired) electrons. The average molecular weight is 348 g/mol. The first-order valence-electron chi connectivity index (χ1n) is 8.54. The van der Waals surface area contributed by atoms with Gasteiger partial charge in [0, 0.05) is 43.4 Å². The van der Waals surface area contributed by atoms with Crippen LogP contribution in [0.15, 0.2) is 24.3 Å². The maximum atomic E-state index is 12.3. The van der Waals surface area contributed by atoms with Crippen LogP contribution in [0.2, 0.25) is 0 Å². The molecule has 0 aromatic heterocycles. The van der Waals surface area contributed by atoms with Gasteiger partial charge >= 0.3 is 0 Å². The monoisotopic (exact) mass is 348 g/mol. The molecule has 136 valence electrons. The molecular weight excluding hydrogens is 324 g/mol. The van der Waals surface area contributed by atoms with Crippen molar-refractivity contribution in [3.8, 4) is 0 Å². The highest BCUT2D eigenvalue weighted by Crippen LogP contribution is 2.15. The van der Waals surface area contributed by atoms with Crippen molar-refractivity contribution in [3.05, 3.63) is 39.9 Å². The lowest BCUT2D eigenvalue weighted by Crippen LogP contribution is -2.47. The van der Waals surface area contributed by atoms with Crippen molar-refractivity contribution >= 4 is 17.5 Å². The van der Waals surface area contributed by atoms with Crippen molar-refractivity contribution in [1.82, 2.24) is 15.5 Å². The fraction of sp³-hybridized carbons (Fsp3) is 0.529. The van der Waals surface area contributed by atoms with Crippen LogP contribution in [0, 0.1) is 10.1 Å². The largest absolute Gasteiger partial charge is 0.355 e. The SMILES string of the molecule is CCCNC(=O)CN1CCC(NC(=O)c2cccc([N+](=O)[O-])c2)CC1. The Hall–Kier alpha value is -2.48. The summed E-state index contributed by atoms with van der Waals surface area (Å²) in [5.74, 6) is -0.274. The van der Waals surface area contributed by atoms with Crippen LogP contribution in [-0.2, 0) is 4.79 Å². The van der Waals surface area contributed by atoms with Crippen LogP contribution in [0.4, 0.5) is 5.69 Å². The second kappa shape index (κ2) is 9.12. The summed E-state index contributed by atoms with van der Waals surface area (Å²) >= 11 is 0. The molecule has 0 aliphatic carbocycles. The molecule has 2 rings (SSSR count). The number of nitro groups is 1. The van der Waals surface area contributed by atoms with E-state index in [-0.39, 0.29) is 29.1 Å². The summed E-state index contributed by atoms with van der Waals surface area (Å²) in [6.45, 7) is 4.55. The Bertz CT molecular complexity index is 627. The number of likely N-dealkylation sites (tertiary alicyclic amines) is 1. The predicted octanol–water partition coefficient (Wildman–Crippen LogP) is 1.32. The zero-order valence-corrected chi connectivity index (χ0v) is 14.4. The quantitative estimate of drug-likeness (QED) is 0.571. The number of non-ortho nitro benzene ring substituents is 1. The van der Waals surface area contributed by atoms with Crippen molar-refractivity contribution in [2.75, 3.05) is 26.2 Å². The highest BCUT2D eigenvalue weighted by Gasteiger charge is 2.22. The van der Waals surface area contributed by atoms with E-state index in [2.05, 4.69) is 15.5 Å². The number of rotatable bonds is 7. The van der Waals surface area contributed by atoms with Gasteiger partial charge in [-0.15, -0.1) is 0 Å². The van der Waals surface area contributed by atoms with Gasteiger partial charge in [0.15, 0.2) is 0 Å². The Morgan fingerprint density at radius 2 is 2.04 bits per heavy atom. The third-order valence-corrected chi connectivity index (χ3v) is 4.18. The summed E-state index contributed by atoms with van der Waals surface area (Å²) < 4.78 is 0. The predicted molar refractivity (Wildman–Crippen MR) is 93.3 cm³/mol. The minimum Gasteiger partial charge on any atom is -0.355 e. The van der Waals surface area contributed by atoms with Gasteiger partial charge in [-0.3, -0.25) is 24.6 Å². The minimum atomic E-state index is -0.515. The summed E-state index contributed by atoms with van der Waals surface area (Å²) in [5, 5.41) is 16.6. The number of carbonyl (C=O) groups excluding carboxylic acids is 2. The lowest BCUT2D eigenvalue weighted by molar-refractivity contribution is -0.384. The molecule has 0 atom stereocenters. The molecule has 8 heteroatoms. The van der Waals surface area contributed by atoms with E-state index in [1.807, 2.05) is 6.92 Å². The standard InChI is InChI=1S/C17H24N4O4/c1-2-8-18-16(22)12-20-9-6-14(7-10-20)19-17(23)13-4-3-5-15(11-13)21(24)25/h3-5,11,14H,2,6-10,12H2,1H3,(H,18,22)(H,19,23). The molecule has 0 saturated carbocycles. The molecule has 0 unspecified atom stereocenters. The van der Waals surface area contributed by atoms with Crippen LogP contribution in [0.25, 0.3) is 0 Å². The number of nitrogens with zero attached hydrogens (tertiary/aromatic N) is 2. The average Bonchev–Trinajstić information content (AvgIpc) is 2.61. The Kier molecular flexibility index (Phi) is 6.88. The van der Waals surface area contributed by atoms with Crippen LogP contribution in [0.1, 0.15) is 36.5 Å². The topological polar surface area (TPSA) is 105 Å². The van der Waals surface area contributed by atoms with Crippen LogP contribution in [-0.4, -0.2) is 53.9 Å². The van der Waals surface area contributed by atoms with Gasteiger partial charge in [0.1, 0.15) is 0 Å². The van der Waals surface area contributed by atoms with Crippen molar-refractivity contribution < 1.29 is 14.5 Å². The Labute approximate surface area is 146 Å². The van der Waals surface area contributed by atoms with Gasteiger partial charge < -0.3 is 10.6 Å². The fourth-order valence-electron chi connectivity index (χ4n) is 2.79. The summed E-state index contributed by atoms with van der Waals surface area (Å²) in [4.78, 5) is 36.3. The van der Waals surface area contributed by atoms with Gasteiger partial charge in [0.05, 0.1) is 11.5 Å². The fourth-order valence-corrected chi connectivity index (χ4v) is 2.79. The van der Waals surface area contributed by atoms with E-state index < -0.39 is 4.92 Å². The second-order valence-electron chi connectivity index (χ2n) is 6.18. The van der Waals surface area contributed by atoms with Crippen LogP contribution >= 0.6 is 0 Å². The maximum absolute atomic E-state index is 12.3. The van der Waals surface area contributed by atoms with Gasteiger partial charge in [-0.2, -0.15) is 0 Å². The first kappa shape index (κ1) is 18.9. The van der Waals surface area contributed by atoms with Crippen LogP contribution < -0.4 is 10.6 Å². The van der Waals surface area contributed by atoms with Crippen LogP contribution in [0.5, 0.6) is 0 Å². The van der Waals surface area contributed by atoms with E-state index in [0.29, 0.717) is 13.1 Å². The summed E-state index contributed by atoms with van der Waals surface area (Å²) in [6, 6.07) is 5.73. The number of nitro benzene ring substituents is 1. The summed E-state index contributed by atoms with van der Waals surface area (Å²) in [5.41, 5.74) is 0.191. The molecule has 1 aliphatic rings. The smallest absolute Gasteiger partial charge is 0.270 e. The minimum absolute atomic E-state index is 0.0155. The number of piperidine rings is 1. The van der Waals surface area contributed by atoms with E-state index in [9.17, 15) is 19.7 Å². The lowest BCUT2D eigenvalue weighted by atomic mass is 10.0. The van der Waals surface area contributed by atoms with Gasteiger partial charge in [-0.05, 0) is 25.3 Å². The van der Waals surface area contributed by atoms with Gasteiger partial charge in [-0.1, -0.05) is 13.0 Å². The van der Waals surface area contributed by atoms with Crippen molar-refractivity contribution in [2.45, 2.75) is 32.2 Å². The maximum Gasteiger partial charge on any atom is 0.270 e. The molecule has 25 heavy (non-hydrogen) atoms. The van der Waals surface area contributed by atoms with Gasteiger partial charge in [-0.25, -0.2) is 0 Å². The third-order valence-electron chi connectivity index (χ3n) is 4.18. The highest BCUT2D eigenvalue weighted by atomic mass is 16.6. The first-order valence-corrected chi connectivity index (χ1v) is 8.54. The van der Waals surface area contributed by atoms with Crippen molar-refractivity contribution in [2.24, 2.45) is 0 Å². The number of hydrogen-bond acceptors (Lipinski definition) is 5. The third kappa shape index (κ3) is 5.82. The molecule has 8 nitrogen and oxygen atoms in total. The van der Waals surface area contributed by atoms with Crippen LogP contribution in [0.3, 0.4) is 0 Å². The normalized spacial score (nSPS) is 15.6. The second-order valence-corrected chi connectivity index (χ2v) is 6.18. The van der Waals surface area contributed by atoms with Gasteiger partial charge in [0.2, 0.25) is 5.91 Å². The molecule has 1 fully saturated rings. The van der Waals surface area contributed by atoms with E-state index in [4.69, 9.17) is 0 Å². The number of amides is 2. The number of carbonyl (C=O) groups is 2. The molecule has 2 N–H and O–H groups in total. The number of nitrogens with one attached hydrogen (secondary N) is 2. The molecule has 0 bridgehead atoms. The Balaban J connectivity index is 1.79. The summed E-state index contributed by atoms with van der Waals surface area (Å²) in [7, 11) is 0. The Morgan fingerprint density at radius 1 is 1.32 bits per heavy atom. The molecule has 2 amide bonds. The van der Waals surface area contributed by atoms with E-state index in [0.717, 1.165) is 32.4 Å². The van der Waals surface area contributed by atoms with Gasteiger partial charge in [0.25, 0.3) is 11.6 Å². The van der Waals surface area contributed by atoms with E-state index in [1.165, 1.54) is 18.2 Å². The summed E-state index contributed by atoms with van der Waals surface area (Å²) in [6.07, 6.45) is 2.42. The molecular formula is C17H24N4O4. The number of hydrogen-bond donors (Lipinski definition) is 2. The molecule has 0 spiro atoms. The lowest BCUT2D eigenvalue weighted by Gasteiger charge is -2.31. The highest BCUT2D eigenvalue weighted by molar-refractivity contribution is 5.95. The van der Waals surface area contributed by atoms with E-state index in [1.54, 1.807) is 6.07 Å². The molecule has 1 aliphatic heterocycles.